The molecule has 25 heteroatoms. The maximum absolute atomic E-state index is 14.0. The molecule has 4 aromatic rings. The minimum Gasteiger partial charge on any atom is -1.00 e. The molecular formula is C31H30Cl4F2K2N6O11. The molecule has 0 aliphatic heterocycles. The topological polar surface area (TPSA) is 258 Å². The van der Waals surface area contributed by atoms with Crippen molar-refractivity contribution >= 4 is 110 Å². The standard InChI is InChI=1S/C15H13ClFN3O4.C11H9ClFN3O.C4H5ClO3.CH2O3.ClH.2K.H/c1-2-24-15(23)14(22)20-19-12(21)5-8-3-9-6-10(16)7-18-13(9)11(17)4-8;12-8-4-7-1-6(3-10(17)16-14)2-9(13)11(7)15-5-8;1-2-8-4(7)3(5)6;2-1-4-3;;;;/h3-4,6-7H,2,5H2,1H3,(H,19,21)(H,20,22);1-2,4-5H,3,14H2,(H,16,17);2H2,1H3;1,3H;1H;;;/q;;;;;2*+1;-1/p-1. The Kier molecular flexibility index (Phi) is 33.2. The molecule has 4 rings (SSSR count). The molecule has 3 amide bonds. The van der Waals surface area contributed by atoms with Crippen LogP contribution in [0.1, 0.15) is 26.4 Å². The zero-order valence-corrected chi connectivity index (χ0v) is 39.1. The Morgan fingerprint density at radius 1 is 0.786 bits per heavy atom. The number of hydrogen-bond donors (Lipinski definition) is 4. The summed E-state index contributed by atoms with van der Waals surface area (Å²) >= 11 is 16.3. The van der Waals surface area contributed by atoms with Gasteiger partial charge in [-0.15, -0.1) is 12.4 Å². The molecule has 294 valence electrons. The number of carbonyl (C=O) groups excluding carboxylic acids is 7. The molecule has 0 unspecified atom stereocenters. The molecular weight excluding hydrogens is 890 g/mol. The van der Waals surface area contributed by atoms with Crippen molar-refractivity contribution in [3.63, 3.8) is 0 Å². The van der Waals surface area contributed by atoms with Crippen LogP contribution in [0.4, 0.5) is 8.78 Å². The van der Waals surface area contributed by atoms with Crippen LogP contribution in [0.5, 0.6) is 0 Å². The molecule has 5 N–H and O–H groups in total. The number of amides is 3. The number of nitrogens with zero attached hydrogens (tertiary/aromatic N) is 2. The fourth-order valence-electron chi connectivity index (χ4n) is 3.71. The first-order valence-corrected chi connectivity index (χ1v) is 15.5. The van der Waals surface area contributed by atoms with E-state index < -0.39 is 46.5 Å². The van der Waals surface area contributed by atoms with Gasteiger partial charge in [-0.05, 0) is 73.0 Å². The summed E-state index contributed by atoms with van der Waals surface area (Å²) in [6, 6.07) is 8.76. The fraction of sp³-hybridized carbons (Fsp3) is 0.194. The van der Waals surface area contributed by atoms with Gasteiger partial charge in [0.25, 0.3) is 6.47 Å². The third-order valence-corrected chi connectivity index (χ3v) is 6.24. The molecule has 0 spiro atoms. The number of halogens is 6. The molecule has 0 atom stereocenters. The van der Waals surface area contributed by atoms with Crippen molar-refractivity contribution in [2.24, 2.45) is 5.84 Å². The van der Waals surface area contributed by atoms with Crippen LogP contribution in [0.25, 0.3) is 21.8 Å². The minimum absolute atomic E-state index is 0. The van der Waals surface area contributed by atoms with Gasteiger partial charge in [0, 0.05) is 23.2 Å². The van der Waals surface area contributed by atoms with Crippen molar-refractivity contribution < 1.29 is 166 Å². The molecule has 0 saturated heterocycles. The molecule has 0 aliphatic rings. The largest absolute Gasteiger partial charge is 1.00 e. The molecule has 2 aromatic carbocycles. The van der Waals surface area contributed by atoms with E-state index in [1.807, 2.05) is 16.3 Å². The predicted molar refractivity (Wildman–Crippen MR) is 189 cm³/mol. The number of pyridine rings is 2. The summed E-state index contributed by atoms with van der Waals surface area (Å²) in [7, 11) is 0. The van der Waals surface area contributed by atoms with E-state index in [1.54, 1.807) is 32.0 Å². The molecule has 0 saturated carbocycles. The molecule has 0 bridgehead atoms. The third kappa shape index (κ3) is 22.2. The van der Waals surface area contributed by atoms with Crippen LogP contribution in [0, 0.1) is 11.6 Å². The second-order valence-electron chi connectivity index (χ2n) is 9.44. The maximum atomic E-state index is 14.0. The van der Waals surface area contributed by atoms with E-state index in [-0.39, 0.29) is 160 Å². The summed E-state index contributed by atoms with van der Waals surface area (Å²) in [6.07, 6.45) is 2.49. The summed E-state index contributed by atoms with van der Waals surface area (Å²) in [6.45, 7) is 3.17. The SMILES string of the molecule is CCOC(=O)C(=O)Cl.CCOC(=O)C(=O)NNC(=O)Cc1cc(F)c2ncc(Cl)cc2c1.Cl.NNC(=O)Cc1cc(F)c2ncc(Cl)cc2c1.O=CO[O-].[H-].[K+].[K+]. The zero-order valence-electron chi connectivity index (χ0n) is 30.8. The predicted octanol–water partition coefficient (Wildman–Crippen LogP) is -3.87. The number of nitrogens with one attached hydrogen (secondary N) is 3. The Labute approximate surface area is 424 Å². The molecule has 2 aromatic heterocycles. The van der Waals surface area contributed by atoms with Gasteiger partial charge in [0.05, 0.1) is 36.1 Å². The van der Waals surface area contributed by atoms with E-state index >= 15 is 0 Å². The average molecular weight is 921 g/mol. The molecule has 2 heterocycles. The van der Waals surface area contributed by atoms with Crippen molar-refractivity contribution in [3.05, 3.63) is 81.6 Å². The van der Waals surface area contributed by atoms with Gasteiger partial charge >= 0.3 is 126 Å². The zero-order chi connectivity index (χ0) is 40.1. The number of fused-ring (bicyclic) bond motifs is 2. The average Bonchev–Trinajstić information content (AvgIpc) is 3.11. The van der Waals surface area contributed by atoms with Gasteiger partial charge in [-0.25, -0.2) is 24.2 Å². The maximum Gasteiger partial charge on any atom is 1.00 e. The van der Waals surface area contributed by atoms with Gasteiger partial charge in [-0.3, -0.25) is 50.2 Å². The summed E-state index contributed by atoms with van der Waals surface area (Å²) in [5.41, 5.74) is 7.18. The van der Waals surface area contributed by atoms with E-state index in [9.17, 15) is 37.5 Å². The van der Waals surface area contributed by atoms with Gasteiger partial charge < -0.3 is 21.0 Å². The Morgan fingerprint density at radius 2 is 1.20 bits per heavy atom. The number of ether oxygens (including phenoxy) is 2. The summed E-state index contributed by atoms with van der Waals surface area (Å²) < 4.78 is 36.3. The van der Waals surface area contributed by atoms with Crippen molar-refractivity contribution in [1.29, 1.82) is 0 Å². The first-order chi connectivity index (χ1) is 25.1. The first-order valence-electron chi connectivity index (χ1n) is 14.4. The Morgan fingerprint density at radius 3 is 1.55 bits per heavy atom. The smallest absolute Gasteiger partial charge is 1.00 e. The van der Waals surface area contributed by atoms with Gasteiger partial charge in [-0.1, -0.05) is 23.2 Å². The van der Waals surface area contributed by atoms with Crippen LogP contribution < -0.4 is 130 Å². The van der Waals surface area contributed by atoms with Crippen LogP contribution in [0.3, 0.4) is 0 Å². The molecule has 56 heavy (non-hydrogen) atoms. The van der Waals surface area contributed by atoms with E-state index in [1.165, 1.54) is 24.5 Å². The van der Waals surface area contributed by atoms with E-state index in [0.717, 1.165) is 6.07 Å². The van der Waals surface area contributed by atoms with Crippen molar-refractivity contribution in [1.82, 2.24) is 26.2 Å². The van der Waals surface area contributed by atoms with Crippen molar-refractivity contribution in [2.75, 3.05) is 13.2 Å². The monoisotopic (exact) mass is 918 g/mol. The third-order valence-electron chi connectivity index (χ3n) is 5.67. The Balaban J connectivity index is -0.000000373. The van der Waals surface area contributed by atoms with E-state index in [0.29, 0.717) is 31.9 Å². The van der Waals surface area contributed by atoms with Gasteiger partial charge in [0.15, 0.2) is 0 Å². The second kappa shape index (κ2) is 31.9. The van der Waals surface area contributed by atoms with Crippen LogP contribution >= 0.6 is 47.2 Å². The Bertz CT molecular complexity index is 1980. The molecule has 0 aliphatic carbocycles. The van der Waals surface area contributed by atoms with Crippen molar-refractivity contribution in [3.8, 4) is 0 Å². The number of hydrogen-bond acceptors (Lipinski definition) is 14. The number of esters is 2. The van der Waals surface area contributed by atoms with Gasteiger partial charge in [-0.2, -0.15) is 0 Å². The van der Waals surface area contributed by atoms with E-state index in [2.05, 4.69) is 24.3 Å². The molecule has 0 fully saturated rings. The van der Waals surface area contributed by atoms with Crippen LogP contribution in [-0.4, -0.2) is 64.6 Å². The van der Waals surface area contributed by atoms with Gasteiger partial charge in [0.1, 0.15) is 22.7 Å². The number of aromatic nitrogens is 2. The number of nitrogens with two attached hydrogens (primary N) is 1. The minimum atomic E-state index is -1.12. The Hall–Kier alpha value is -2.04. The van der Waals surface area contributed by atoms with Gasteiger partial charge in [0.2, 0.25) is 11.8 Å². The molecule has 0 radical (unpaired) electrons. The van der Waals surface area contributed by atoms with Crippen LogP contribution in [0.15, 0.2) is 48.8 Å². The number of carbonyl (C=O) groups is 7. The summed E-state index contributed by atoms with van der Waals surface area (Å²) in [4.78, 5) is 84.1. The van der Waals surface area contributed by atoms with Crippen LogP contribution in [0.2, 0.25) is 10.0 Å². The van der Waals surface area contributed by atoms with Crippen molar-refractivity contribution in [2.45, 2.75) is 26.7 Å². The summed E-state index contributed by atoms with van der Waals surface area (Å²) in [5, 5.41) is 9.10. The second-order valence-corrected chi connectivity index (χ2v) is 10.7. The summed E-state index contributed by atoms with van der Waals surface area (Å²) in [5.74, 6) is -0.354. The first kappa shape index (κ1) is 58.3. The van der Waals surface area contributed by atoms with E-state index in [4.69, 9.17) is 50.7 Å². The number of rotatable bonds is 8. The number of benzene rings is 2. The molecule has 17 nitrogen and oxygen atoms in total. The fourth-order valence-corrected chi connectivity index (χ4v) is 4.09. The van der Waals surface area contributed by atoms with Crippen LogP contribution in [-0.2, 0) is 60.8 Å². The number of hydrazine groups is 2. The normalized spacial score (nSPS) is 9.16. The quantitative estimate of drug-likeness (QED) is 0.0152.